The summed E-state index contributed by atoms with van der Waals surface area (Å²) in [4.78, 5) is 27.4. The van der Waals surface area contributed by atoms with E-state index in [4.69, 9.17) is 16.6 Å². The van der Waals surface area contributed by atoms with Crippen molar-refractivity contribution < 1.29 is 4.79 Å². The predicted octanol–water partition coefficient (Wildman–Crippen LogP) is 5.20. The Labute approximate surface area is 191 Å². The number of aryl methyl sites for hydroxylation is 2. The van der Waals surface area contributed by atoms with Crippen molar-refractivity contribution in [2.75, 3.05) is 31.1 Å². The maximum absolute atomic E-state index is 13.8. The van der Waals surface area contributed by atoms with Gasteiger partial charge in [-0.05, 0) is 56.8 Å². The third kappa shape index (κ3) is 4.05. The summed E-state index contributed by atoms with van der Waals surface area (Å²) in [6.45, 7) is 11.3. The van der Waals surface area contributed by atoms with Crippen molar-refractivity contribution in [3.05, 3.63) is 58.5 Å². The van der Waals surface area contributed by atoms with Crippen molar-refractivity contribution in [3.63, 3.8) is 0 Å². The van der Waals surface area contributed by atoms with Crippen LogP contribution in [0.25, 0.3) is 15.9 Å². The van der Waals surface area contributed by atoms with Gasteiger partial charge in [0.05, 0.1) is 15.9 Å². The summed E-state index contributed by atoms with van der Waals surface area (Å²) in [7, 11) is 0. The number of nitrogens with zero attached hydrogens (tertiary/aromatic N) is 5. The van der Waals surface area contributed by atoms with E-state index in [1.807, 2.05) is 54.8 Å². The second-order valence-corrected chi connectivity index (χ2v) is 8.89. The number of rotatable bonds is 7. The SMILES string of the molecule is CCN(CC)CCN(C(=O)c1c(C)nc2ccccn12)c1nc2c(C)c(Cl)ccc2s1. The van der Waals surface area contributed by atoms with E-state index in [2.05, 4.69) is 23.7 Å². The van der Waals surface area contributed by atoms with E-state index in [1.165, 1.54) is 11.3 Å². The molecule has 8 heteroatoms. The number of fused-ring (bicyclic) bond motifs is 2. The summed E-state index contributed by atoms with van der Waals surface area (Å²) in [5.41, 5.74) is 3.83. The summed E-state index contributed by atoms with van der Waals surface area (Å²) in [5, 5.41) is 1.37. The van der Waals surface area contributed by atoms with E-state index in [0.29, 0.717) is 28.1 Å². The minimum Gasteiger partial charge on any atom is -0.302 e. The van der Waals surface area contributed by atoms with Crippen molar-refractivity contribution in [1.29, 1.82) is 0 Å². The zero-order valence-corrected chi connectivity index (χ0v) is 19.8. The predicted molar refractivity (Wildman–Crippen MR) is 129 cm³/mol. The zero-order chi connectivity index (χ0) is 22.1. The first kappa shape index (κ1) is 21.7. The minimum atomic E-state index is -0.0915. The van der Waals surface area contributed by atoms with Crippen molar-refractivity contribution in [2.24, 2.45) is 0 Å². The van der Waals surface area contributed by atoms with Crippen molar-refractivity contribution in [3.8, 4) is 0 Å². The number of hydrogen-bond donors (Lipinski definition) is 0. The van der Waals surface area contributed by atoms with E-state index in [9.17, 15) is 4.79 Å². The van der Waals surface area contributed by atoms with E-state index >= 15 is 0 Å². The monoisotopic (exact) mass is 455 g/mol. The van der Waals surface area contributed by atoms with Crippen LogP contribution in [0.15, 0.2) is 36.5 Å². The smallest absolute Gasteiger partial charge is 0.279 e. The molecule has 31 heavy (non-hydrogen) atoms. The first-order valence-electron chi connectivity index (χ1n) is 10.5. The third-order valence-corrected chi connectivity index (χ3v) is 7.11. The van der Waals surface area contributed by atoms with Gasteiger partial charge in [-0.1, -0.05) is 42.9 Å². The summed E-state index contributed by atoms with van der Waals surface area (Å²) in [6.07, 6.45) is 1.88. The number of amides is 1. The number of carbonyl (C=O) groups is 1. The highest BCUT2D eigenvalue weighted by Crippen LogP contribution is 2.34. The van der Waals surface area contributed by atoms with E-state index in [0.717, 1.165) is 41.1 Å². The van der Waals surface area contributed by atoms with Gasteiger partial charge >= 0.3 is 0 Å². The molecular formula is C23H26ClN5OS. The Bertz CT molecular complexity index is 1240. The number of thiazole rings is 1. The van der Waals surface area contributed by atoms with Gasteiger partial charge in [-0.25, -0.2) is 9.97 Å². The van der Waals surface area contributed by atoms with Gasteiger partial charge in [0, 0.05) is 24.3 Å². The number of imidazole rings is 1. The molecule has 0 spiro atoms. The second kappa shape index (κ2) is 8.94. The third-order valence-electron chi connectivity index (χ3n) is 5.65. The molecule has 0 saturated heterocycles. The van der Waals surface area contributed by atoms with Crippen LogP contribution in [-0.4, -0.2) is 51.4 Å². The lowest BCUT2D eigenvalue weighted by molar-refractivity contribution is 0.0977. The fourth-order valence-corrected chi connectivity index (χ4v) is 4.97. The quantitative estimate of drug-likeness (QED) is 0.384. The summed E-state index contributed by atoms with van der Waals surface area (Å²) >= 11 is 7.83. The molecule has 1 aromatic carbocycles. The fourth-order valence-electron chi connectivity index (χ4n) is 3.77. The Hall–Kier alpha value is -2.48. The zero-order valence-electron chi connectivity index (χ0n) is 18.2. The summed E-state index contributed by atoms with van der Waals surface area (Å²) in [6, 6.07) is 9.60. The average molecular weight is 456 g/mol. The van der Waals surface area contributed by atoms with Gasteiger partial charge in [0.25, 0.3) is 5.91 Å². The summed E-state index contributed by atoms with van der Waals surface area (Å²) in [5.74, 6) is -0.0915. The lowest BCUT2D eigenvalue weighted by Gasteiger charge is -2.24. The standard InChI is InChI=1S/C23H26ClN5OS/c1-5-27(6-2)13-14-29(23-26-20-15(3)17(24)10-11-18(20)31-23)22(30)21-16(4)25-19-9-7-8-12-28(19)21/h7-12H,5-6,13-14H2,1-4H3. The number of anilines is 1. The first-order chi connectivity index (χ1) is 14.9. The van der Waals surface area contributed by atoms with Gasteiger partial charge in [-0.15, -0.1) is 0 Å². The van der Waals surface area contributed by atoms with Crippen LogP contribution in [-0.2, 0) is 0 Å². The molecule has 4 rings (SSSR count). The highest BCUT2D eigenvalue weighted by atomic mass is 35.5. The number of benzene rings is 1. The number of hydrogen-bond acceptors (Lipinski definition) is 5. The van der Waals surface area contributed by atoms with Crippen LogP contribution in [0.5, 0.6) is 0 Å². The number of aromatic nitrogens is 3. The molecule has 0 bridgehead atoms. The average Bonchev–Trinajstić information content (AvgIpc) is 3.34. The molecule has 3 heterocycles. The van der Waals surface area contributed by atoms with Crippen LogP contribution in [0.3, 0.4) is 0 Å². The molecule has 0 aliphatic rings. The topological polar surface area (TPSA) is 53.7 Å². The largest absolute Gasteiger partial charge is 0.302 e. The molecule has 0 unspecified atom stereocenters. The molecule has 6 nitrogen and oxygen atoms in total. The Morgan fingerprint density at radius 2 is 1.87 bits per heavy atom. The van der Waals surface area contributed by atoms with Gasteiger partial charge in [0.1, 0.15) is 11.3 Å². The molecule has 0 saturated carbocycles. The van der Waals surface area contributed by atoms with Crippen LogP contribution in [0, 0.1) is 13.8 Å². The van der Waals surface area contributed by atoms with E-state index in [1.54, 1.807) is 4.90 Å². The molecule has 1 amide bonds. The van der Waals surface area contributed by atoms with Crippen molar-refractivity contribution >= 4 is 49.8 Å². The number of likely N-dealkylation sites (N-methyl/N-ethyl adjacent to an activating group) is 1. The van der Waals surface area contributed by atoms with Gasteiger partial charge in [0.15, 0.2) is 5.13 Å². The maximum Gasteiger partial charge on any atom is 0.279 e. The Morgan fingerprint density at radius 1 is 1.10 bits per heavy atom. The molecule has 0 aliphatic heterocycles. The lowest BCUT2D eigenvalue weighted by atomic mass is 10.2. The van der Waals surface area contributed by atoms with Gasteiger partial charge in [-0.2, -0.15) is 0 Å². The van der Waals surface area contributed by atoms with Crippen LogP contribution in [0.4, 0.5) is 5.13 Å². The molecule has 0 fully saturated rings. The van der Waals surface area contributed by atoms with Crippen LogP contribution >= 0.6 is 22.9 Å². The van der Waals surface area contributed by atoms with Crippen LogP contribution in [0.2, 0.25) is 5.02 Å². The van der Waals surface area contributed by atoms with Crippen LogP contribution < -0.4 is 4.90 Å². The number of carbonyl (C=O) groups excluding carboxylic acids is 1. The normalized spacial score (nSPS) is 11.7. The van der Waals surface area contributed by atoms with Gasteiger partial charge in [-0.3, -0.25) is 14.1 Å². The van der Waals surface area contributed by atoms with Crippen molar-refractivity contribution in [1.82, 2.24) is 19.3 Å². The van der Waals surface area contributed by atoms with E-state index in [-0.39, 0.29) is 5.91 Å². The molecule has 162 valence electrons. The fraction of sp³-hybridized carbons (Fsp3) is 0.348. The Kier molecular flexibility index (Phi) is 6.27. The Balaban J connectivity index is 1.80. The number of halogens is 1. The molecule has 0 radical (unpaired) electrons. The molecule has 0 aliphatic carbocycles. The van der Waals surface area contributed by atoms with Gasteiger partial charge < -0.3 is 4.90 Å². The highest BCUT2D eigenvalue weighted by molar-refractivity contribution is 7.22. The molecule has 0 atom stereocenters. The maximum atomic E-state index is 13.8. The number of pyridine rings is 1. The molecular weight excluding hydrogens is 430 g/mol. The molecule has 3 aromatic heterocycles. The minimum absolute atomic E-state index is 0.0915. The van der Waals surface area contributed by atoms with E-state index < -0.39 is 0 Å². The second-order valence-electron chi connectivity index (χ2n) is 7.47. The molecule has 4 aromatic rings. The first-order valence-corrected chi connectivity index (χ1v) is 11.7. The molecule has 0 N–H and O–H groups in total. The van der Waals surface area contributed by atoms with Crippen LogP contribution in [0.1, 0.15) is 35.6 Å². The van der Waals surface area contributed by atoms with Gasteiger partial charge in [0.2, 0.25) is 0 Å². The Morgan fingerprint density at radius 3 is 2.61 bits per heavy atom. The van der Waals surface area contributed by atoms with Crippen molar-refractivity contribution in [2.45, 2.75) is 27.7 Å². The highest BCUT2D eigenvalue weighted by Gasteiger charge is 2.27. The summed E-state index contributed by atoms with van der Waals surface area (Å²) < 4.78 is 2.88. The lowest BCUT2D eigenvalue weighted by Crippen LogP contribution is -2.39.